The minimum absolute atomic E-state index is 0.0189. The maximum Gasteiger partial charge on any atom is 0.353 e. The maximum atomic E-state index is 13.1. The molecular formula is C24H27N9O7S5. The molecule has 1 fully saturated rings. The van der Waals surface area contributed by atoms with Crippen LogP contribution in [-0.2, 0) is 30.7 Å². The molecule has 0 bridgehead atoms. The van der Waals surface area contributed by atoms with Crippen molar-refractivity contribution in [3.05, 3.63) is 51.0 Å². The maximum absolute atomic E-state index is 13.1. The van der Waals surface area contributed by atoms with Gasteiger partial charge >= 0.3 is 5.97 Å². The average Bonchev–Trinajstić information content (AvgIpc) is 3.39. The van der Waals surface area contributed by atoms with Gasteiger partial charge in [0.1, 0.15) is 22.8 Å². The van der Waals surface area contributed by atoms with Crippen LogP contribution in [0.4, 0.5) is 5.13 Å². The number of nitrogens with zero attached hydrogens (tertiary/aromatic N) is 3. The van der Waals surface area contributed by atoms with Crippen molar-refractivity contribution in [1.29, 1.82) is 10.8 Å². The van der Waals surface area contributed by atoms with Crippen LogP contribution in [0.15, 0.2) is 44.2 Å². The number of nitrogens with two attached hydrogens (primary N) is 3. The highest BCUT2D eigenvalue weighted by atomic mass is 32.2. The standard InChI is InChI=1S/C22H23N9O5S5.C2H4O2/c23-20(24)38-4-8-1-2-11(9(3-8)5-39-21(25)26)41-12-7-37-18-14(17(33)31(18)15(12)19(34)35)29-16(32)13(30-36)10-6-40-22(27)28-10;1-2(3)4/h1-3,6,14,18,36H,4-5,7H2,(H3,23,24)(H3,25,26)(H2,27,28)(H,29,32)(H,34,35);1H3,(H,3,4)/b30-13-;/t14-,18-;/m1./s1. The van der Waals surface area contributed by atoms with E-state index >= 15 is 0 Å². The van der Waals surface area contributed by atoms with Crippen LogP contribution in [0.1, 0.15) is 23.7 Å². The number of nitrogens with one attached hydrogen (secondary N) is 3. The Morgan fingerprint density at radius 1 is 1.18 bits per heavy atom. The quantitative estimate of drug-likeness (QED) is 0.0557. The second-order valence-electron chi connectivity index (χ2n) is 8.83. The van der Waals surface area contributed by atoms with Crippen molar-refractivity contribution in [2.24, 2.45) is 16.6 Å². The smallest absolute Gasteiger partial charge is 0.353 e. The number of thioether (sulfide) groups is 4. The van der Waals surface area contributed by atoms with Crippen LogP contribution in [0.3, 0.4) is 0 Å². The lowest BCUT2D eigenvalue weighted by molar-refractivity contribution is -0.150. The Morgan fingerprint density at radius 2 is 1.82 bits per heavy atom. The van der Waals surface area contributed by atoms with Crippen molar-refractivity contribution in [2.75, 3.05) is 11.5 Å². The van der Waals surface area contributed by atoms with Gasteiger partial charge in [-0.05, 0) is 17.2 Å². The SMILES string of the molecule is CC(=O)O.N=C(N)SCc1ccc(SC2=C(C(=O)O)N3C(=O)[C@@H](NC(=O)/C(=N\O)c4csc(N)n4)[C@H]3SC2)c(CSC(=N)N)c1. The van der Waals surface area contributed by atoms with Crippen LogP contribution >= 0.6 is 58.4 Å². The molecule has 0 unspecified atom stereocenters. The van der Waals surface area contributed by atoms with Crippen LogP contribution in [-0.4, -0.2) is 82.3 Å². The molecule has 2 atom stereocenters. The van der Waals surface area contributed by atoms with Gasteiger partial charge in [0, 0.05) is 39.4 Å². The number of hydrogen-bond acceptors (Lipinski definition) is 15. The Morgan fingerprint density at radius 3 is 2.38 bits per heavy atom. The second-order valence-corrected chi connectivity index (χ2v) is 14.0. The van der Waals surface area contributed by atoms with Gasteiger partial charge in [-0.3, -0.25) is 30.1 Å². The molecule has 0 spiro atoms. The summed E-state index contributed by atoms with van der Waals surface area (Å²) in [6, 6.07) is 4.52. The fourth-order valence-corrected chi connectivity index (χ4v) is 8.14. The van der Waals surface area contributed by atoms with E-state index in [1.807, 2.05) is 18.2 Å². The molecule has 45 heavy (non-hydrogen) atoms. The van der Waals surface area contributed by atoms with Crippen molar-refractivity contribution in [3.8, 4) is 0 Å². The second kappa shape index (κ2) is 15.9. The number of carboxylic acid groups (broad SMARTS) is 2. The number of benzene rings is 1. The molecule has 12 N–H and O–H groups in total. The molecule has 1 saturated heterocycles. The van der Waals surface area contributed by atoms with Crippen molar-refractivity contribution in [3.63, 3.8) is 0 Å². The number of amidine groups is 2. The van der Waals surface area contributed by atoms with Gasteiger partial charge in [0.05, 0.1) is 0 Å². The van der Waals surface area contributed by atoms with E-state index < -0.39 is 40.9 Å². The number of thiazole rings is 1. The third-order valence-electron chi connectivity index (χ3n) is 5.64. The highest BCUT2D eigenvalue weighted by Gasteiger charge is 2.54. The summed E-state index contributed by atoms with van der Waals surface area (Å²) in [6.45, 7) is 1.08. The first-order valence-electron chi connectivity index (χ1n) is 12.3. The van der Waals surface area contributed by atoms with Crippen LogP contribution in [0.25, 0.3) is 0 Å². The molecule has 240 valence electrons. The van der Waals surface area contributed by atoms with E-state index in [0.29, 0.717) is 16.4 Å². The molecule has 2 aromatic rings. The topological polar surface area (TPSA) is 295 Å². The zero-order chi connectivity index (χ0) is 33.4. The van der Waals surface area contributed by atoms with Gasteiger partial charge in [-0.2, -0.15) is 0 Å². The van der Waals surface area contributed by atoms with E-state index in [1.54, 1.807) is 0 Å². The number of rotatable bonds is 10. The zero-order valence-corrected chi connectivity index (χ0v) is 27.3. The Labute approximate surface area is 276 Å². The van der Waals surface area contributed by atoms with Gasteiger partial charge in [-0.15, -0.1) is 23.1 Å². The normalized spacial score (nSPS) is 17.4. The molecule has 0 aliphatic carbocycles. The molecule has 1 aromatic carbocycles. The summed E-state index contributed by atoms with van der Waals surface area (Å²) < 4.78 is 0. The van der Waals surface area contributed by atoms with Crippen molar-refractivity contribution < 1.29 is 34.6 Å². The number of β-lactam (4-membered cyclic amide) rings is 1. The first-order chi connectivity index (χ1) is 21.2. The summed E-state index contributed by atoms with van der Waals surface area (Å²) in [5.74, 6) is -2.53. The molecule has 2 amide bonds. The molecule has 3 heterocycles. The Bertz CT molecular complexity index is 1590. The summed E-state index contributed by atoms with van der Waals surface area (Å²) in [5.41, 5.74) is 17.7. The number of carbonyl (C=O) groups excluding carboxylic acids is 2. The molecule has 2 aliphatic rings. The Balaban J connectivity index is 0.00000130. The molecule has 0 saturated carbocycles. The first kappa shape index (κ1) is 35.6. The van der Waals surface area contributed by atoms with Crippen LogP contribution in [0, 0.1) is 10.8 Å². The molecule has 1 aromatic heterocycles. The number of aliphatic carboxylic acids is 2. The molecular weight excluding hydrogens is 687 g/mol. The minimum Gasteiger partial charge on any atom is -0.481 e. The van der Waals surface area contributed by atoms with E-state index in [1.165, 1.54) is 40.7 Å². The summed E-state index contributed by atoms with van der Waals surface area (Å²) in [7, 11) is 0. The summed E-state index contributed by atoms with van der Waals surface area (Å²) in [5, 5.41) is 48.2. The lowest BCUT2D eigenvalue weighted by Crippen LogP contribution is -2.71. The number of carboxylic acids is 2. The van der Waals surface area contributed by atoms with Crippen molar-refractivity contribution >= 4 is 103 Å². The molecule has 2 aliphatic heterocycles. The molecule has 4 rings (SSSR count). The minimum atomic E-state index is -1.29. The number of oxime groups is 1. The molecule has 0 radical (unpaired) electrons. The monoisotopic (exact) mass is 713 g/mol. The fraction of sp³-hybridized carbons (Fsp3) is 0.250. The van der Waals surface area contributed by atoms with E-state index in [2.05, 4.69) is 15.5 Å². The van der Waals surface area contributed by atoms with E-state index in [-0.39, 0.29) is 32.6 Å². The number of nitrogen functional groups attached to an aromatic ring is 1. The molecule has 21 heteroatoms. The first-order valence-corrected chi connectivity index (χ1v) is 17.0. The molecule has 16 nitrogen and oxygen atoms in total. The van der Waals surface area contributed by atoms with E-state index in [9.17, 15) is 24.7 Å². The number of amides is 2. The zero-order valence-electron chi connectivity index (χ0n) is 23.2. The number of hydrogen-bond donors (Lipinski definition) is 9. The van der Waals surface area contributed by atoms with Gasteiger partial charge in [-0.25, -0.2) is 9.78 Å². The van der Waals surface area contributed by atoms with Crippen LogP contribution in [0.2, 0.25) is 0 Å². The van der Waals surface area contributed by atoms with Gasteiger partial charge in [-0.1, -0.05) is 52.6 Å². The summed E-state index contributed by atoms with van der Waals surface area (Å²) in [4.78, 5) is 53.4. The van der Waals surface area contributed by atoms with Crippen molar-refractivity contribution in [2.45, 2.75) is 34.7 Å². The van der Waals surface area contributed by atoms with Gasteiger partial charge < -0.3 is 37.9 Å². The van der Waals surface area contributed by atoms with Gasteiger partial charge in [0.15, 0.2) is 21.2 Å². The van der Waals surface area contributed by atoms with E-state index in [4.69, 9.17) is 37.9 Å². The number of fused-ring (bicyclic) bond motifs is 1. The number of anilines is 1. The lowest BCUT2D eigenvalue weighted by atomic mass is 10.0. The highest BCUT2D eigenvalue weighted by Crippen LogP contribution is 2.46. The highest BCUT2D eigenvalue weighted by molar-refractivity contribution is 8.13. The van der Waals surface area contributed by atoms with Crippen LogP contribution < -0.4 is 22.5 Å². The lowest BCUT2D eigenvalue weighted by Gasteiger charge is -2.49. The Hall–Kier alpha value is -3.92. The van der Waals surface area contributed by atoms with Gasteiger partial charge in [0.25, 0.3) is 17.8 Å². The summed E-state index contributed by atoms with van der Waals surface area (Å²) in [6.07, 6.45) is 0. The fourth-order valence-electron chi connectivity index (χ4n) is 3.87. The number of carbonyl (C=O) groups is 4. The van der Waals surface area contributed by atoms with Crippen molar-refractivity contribution in [1.82, 2.24) is 15.2 Å². The van der Waals surface area contributed by atoms with Gasteiger partial charge in [0.2, 0.25) is 0 Å². The van der Waals surface area contributed by atoms with Crippen LogP contribution in [0.5, 0.6) is 0 Å². The summed E-state index contributed by atoms with van der Waals surface area (Å²) >= 11 is 5.82. The Kier molecular flexibility index (Phi) is 12.6. The third-order valence-corrected chi connectivity index (χ3v) is 10.5. The van der Waals surface area contributed by atoms with E-state index in [0.717, 1.165) is 50.9 Å². The predicted molar refractivity (Wildman–Crippen MR) is 177 cm³/mol. The largest absolute Gasteiger partial charge is 0.481 e. The average molecular weight is 714 g/mol. The third kappa shape index (κ3) is 9.29. The number of aromatic nitrogens is 1. The predicted octanol–water partition coefficient (Wildman–Crippen LogP) is 1.74.